The molecule has 0 fully saturated rings. The van der Waals surface area contributed by atoms with Gasteiger partial charge in [0.25, 0.3) is 0 Å². The van der Waals surface area contributed by atoms with Gasteiger partial charge in [-0.15, -0.1) is 0 Å². The topological polar surface area (TPSA) is 325 Å². The van der Waals surface area contributed by atoms with E-state index in [2.05, 4.69) is 37.2 Å². The molecule has 0 unspecified atom stereocenters. The molecule has 0 heterocycles. The van der Waals surface area contributed by atoms with Gasteiger partial charge >= 0.3 is 11.9 Å². The molecule has 0 bridgehead atoms. The van der Waals surface area contributed by atoms with Gasteiger partial charge in [-0.1, -0.05) is 48.0 Å². The first-order valence-electron chi connectivity index (χ1n) is 18.0. The van der Waals surface area contributed by atoms with E-state index in [0.717, 1.165) is 0 Å². The number of hydrogen-bond acceptors (Lipinski definition) is 12. The molecule has 20 nitrogen and oxygen atoms in total. The van der Waals surface area contributed by atoms with Gasteiger partial charge in [0.15, 0.2) is 0 Å². The van der Waals surface area contributed by atoms with Gasteiger partial charge in [0.1, 0.15) is 30.2 Å². The van der Waals surface area contributed by atoms with Crippen LogP contribution < -0.4 is 43.0 Å². The van der Waals surface area contributed by atoms with E-state index >= 15 is 0 Å². The normalized spacial score (nSPS) is 14.9. The molecule has 0 aromatic heterocycles. The van der Waals surface area contributed by atoms with Gasteiger partial charge in [0.2, 0.25) is 41.4 Å². The van der Waals surface area contributed by atoms with Crippen molar-refractivity contribution in [2.75, 3.05) is 31.7 Å². The summed E-state index contributed by atoms with van der Waals surface area (Å²) < 4.78 is 0. The summed E-state index contributed by atoms with van der Waals surface area (Å²) in [6.07, 6.45) is 1.61. The van der Waals surface area contributed by atoms with Crippen LogP contribution in [0, 0.1) is 17.8 Å². The second-order valence-corrected chi connectivity index (χ2v) is 14.8. The molecule has 0 rings (SSSR count). The fourth-order valence-electron chi connectivity index (χ4n) is 4.89. The number of thioether (sulfide) groups is 1. The quantitative estimate of drug-likeness (QED) is 0.0406. The van der Waals surface area contributed by atoms with Crippen LogP contribution in [0.3, 0.4) is 0 Å². The van der Waals surface area contributed by atoms with Crippen molar-refractivity contribution in [2.45, 2.75) is 110 Å². The van der Waals surface area contributed by atoms with Crippen molar-refractivity contribution in [3.63, 3.8) is 0 Å². The second kappa shape index (κ2) is 26.3. The third kappa shape index (κ3) is 20.1. The summed E-state index contributed by atoms with van der Waals surface area (Å²) in [7, 11) is 0. The van der Waals surface area contributed by atoms with Crippen molar-refractivity contribution in [3.05, 3.63) is 0 Å². The van der Waals surface area contributed by atoms with Gasteiger partial charge in [0, 0.05) is 6.42 Å². The maximum Gasteiger partial charge on any atom is 0.326 e. The predicted molar refractivity (Wildman–Crippen MR) is 202 cm³/mol. The first kappa shape index (κ1) is 50.5. The van der Waals surface area contributed by atoms with E-state index in [9.17, 15) is 58.5 Å². The molecular formula is C34H60N8O12S. The number of aliphatic carboxylic acids is 2. The first-order valence-corrected chi connectivity index (χ1v) is 19.4. The van der Waals surface area contributed by atoms with E-state index in [1.54, 1.807) is 34.0 Å². The lowest BCUT2D eigenvalue weighted by atomic mass is 9.97. The Labute approximate surface area is 325 Å². The van der Waals surface area contributed by atoms with Crippen molar-refractivity contribution in [1.29, 1.82) is 0 Å². The minimum Gasteiger partial charge on any atom is -0.481 e. The average Bonchev–Trinajstić information content (AvgIpc) is 3.11. The number of hydrogen-bond donors (Lipinski definition) is 11. The Morgan fingerprint density at radius 3 is 1.67 bits per heavy atom. The summed E-state index contributed by atoms with van der Waals surface area (Å²) in [5, 5.41) is 45.4. The molecule has 7 amide bonds. The molecule has 0 aliphatic carbocycles. The van der Waals surface area contributed by atoms with Crippen LogP contribution in [0.15, 0.2) is 0 Å². The molecule has 0 aromatic carbocycles. The number of carbonyl (C=O) groups is 9. The molecule has 0 radical (unpaired) electrons. The van der Waals surface area contributed by atoms with E-state index in [1.165, 1.54) is 11.8 Å². The summed E-state index contributed by atoms with van der Waals surface area (Å²) in [6, 6.07) is -7.74. The lowest BCUT2D eigenvalue weighted by Gasteiger charge is -2.28. The van der Waals surface area contributed by atoms with E-state index in [0.29, 0.717) is 18.6 Å². The number of rotatable bonds is 27. The average molecular weight is 805 g/mol. The highest BCUT2D eigenvalue weighted by Crippen LogP contribution is 2.11. The third-order valence-electron chi connectivity index (χ3n) is 8.31. The number of carboxylic acid groups (broad SMARTS) is 2. The Morgan fingerprint density at radius 2 is 1.18 bits per heavy atom. The summed E-state index contributed by atoms with van der Waals surface area (Å²) in [6.45, 7) is 8.31. The zero-order valence-corrected chi connectivity index (χ0v) is 33.4. The molecule has 7 atom stereocenters. The fourth-order valence-corrected chi connectivity index (χ4v) is 5.37. The van der Waals surface area contributed by atoms with Crippen molar-refractivity contribution in [3.8, 4) is 0 Å². The number of nitrogens with one attached hydrogen (secondary N) is 7. The lowest BCUT2D eigenvalue weighted by Crippen LogP contribution is -2.61. The minimum atomic E-state index is -1.61. The van der Waals surface area contributed by atoms with Crippen LogP contribution >= 0.6 is 11.8 Å². The van der Waals surface area contributed by atoms with E-state index in [1.807, 2.05) is 13.8 Å². The predicted octanol–water partition coefficient (Wildman–Crippen LogP) is -2.59. The van der Waals surface area contributed by atoms with Crippen molar-refractivity contribution in [1.82, 2.24) is 37.2 Å². The molecule has 314 valence electrons. The van der Waals surface area contributed by atoms with Crippen LogP contribution in [0.5, 0.6) is 0 Å². The van der Waals surface area contributed by atoms with Crippen LogP contribution in [-0.4, -0.2) is 137 Å². The number of nitrogens with two attached hydrogens (primary N) is 1. The largest absolute Gasteiger partial charge is 0.481 e. The zero-order chi connectivity index (χ0) is 42.4. The third-order valence-corrected chi connectivity index (χ3v) is 8.96. The monoisotopic (exact) mass is 804 g/mol. The number of aliphatic hydroxyl groups excluding tert-OH is 1. The molecule has 55 heavy (non-hydrogen) atoms. The number of aliphatic hydroxyl groups is 1. The highest BCUT2D eigenvalue weighted by atomic mass is 32.2. The summed E-state index contributed by atoms with van der Waals surface area (Å²) >= 11 is 1.32. The number of carbonyl (C=O) groups excluding carboxylic acids is 7. The highest BCUT2D eigenvalue weighted by molar-refractivity contribution is 7.98. The van der Waals surface area contributed by atoms with Gasteiger partial charge in [-0.25, -0.2) is 4.79 Å². The lowest BCUT2D eigenvalue weighted by molar-refractivity contribution is -0.144. The zero-order valence-electron chi connectivity index (χ0n) is 32.6. The van der Waals surface area contributed by atoms with Crippen molar-refractivity contribution < 1.29 is 58.5 Å². The maximum atomic E-state index is 13.4. The van der Waals surface area contributed by atoms with Gasteiger partial charge in [0.05, 0.1) is 25.7 Å². The van der Waals surface area contributed by atoms with Gasteiger partial charge in [-0.05, 0) is 49.0 Å². The standard InChI is InChI=1S/C34H60N8O12S/c1-8-19(6)28(34(53)54)42-33(52)27(18(4)5)41-32(51)23(16-43)40-31(50)22(11-12-55-7)39-30(49)21(9-10-26(46)47)38-25(45)15-36-24(44)14-37-29(48)20(35)13-17(2)3/h17-23,27-28,43H,8-16,35H2,1-7H3,(H,36,44)(H,37,48)(H,38,45)(H,39,49)(H,40,50)(H,41,51)(H,42,52)(H,46,47)(H,53,54)/t19-,20-,21-,22-,23-,27-,28-/m0/s1. The Balaban J connectivity index is 5.73. The summed E-state index contributed by atoms with van der Waals surface area (Å²) in [4.78, 5) is 113. The SMILES string of the molecule is CC[C@H](C)[C@H](NC(=O)[C@@H](NC(=O)[C@H](CO)NC(=O)[C@H](CCSC)NC(=O)[C@H](CCC(=O)O)NC(=O)CNC(=O)CNC(=O)[C@@H](N)CC(C)C)C(C)C)C(=O)O. The van der Waals surface area contributed by atoms with Crippen molar-refractivity contribution in [2.24, 2.45) is 23.5 Å². The number of carboxylic acids is 2. The molecule has 21 heteroatoms. The van der Waals surface area contributed by atoms with Gasteiger partial charge in [-0.3, -0.25) is 38.4 Å². The smallest absolute Gasteiger partial charge is 0.326 e. The Kier molecular flexibility index (Phi) is 24.2. The molecule has 0 spiro atoms. The minimum absolute atomic E-state index is 0.00389. The second-order valence-electron chi connectivity index (χ2n) is 13.8. The molecule has 0 aromatic rings. The first-order chi connectivity index (χ1) is 25.7. The molecule has 0 aliphatic heterocycles. The van der Waals surface area contributed by atoms with Crippen molar-refractivity contribution >= 4 is 65.1 Å². The summed E-state index contributed by atoms with van der Waals surface area (Å²) in [5.41, 5.74) is 5.78. The van der Waals surface area contributed by atoms with E-state index in [-0.39, 0.29) is 12.3 Å². The Bertz CT molecular complexity index is 1330. The molecular weight excluding hydrogens is 744 g/mol. The summed E-state index contributed by atoms with van der Waals surface area (Å²) in [5.74, 6) is -8.85. The molecule has 0 saturated heterocycles. The van der Waals surface area contributed by atoms with Crippen LogP contribution in [0.2, 0.25) is 0 Å². The number of amides is 7. The molecule has 0 aliphatic rings. The van der Waals surface area contributed by atoms with Crippen LogP contribution in [-0.2, 0) is 43.2 Å². The molecule has 0 saturated carbocycles. The highest BCUT2D eigenvalue weighted by Gasteiger charge is 2.34. The van der Waals surface area contributed by atoms with E-state index < -0.39 is 134 Å². The van der Waals surface area contributed by atoms with Crippen LogP contribution in [0.25, 0.3) is 0 Å². The molecule has 12 N–H and O–H groups in total. The maximum absolute atomic E-state index is 13.4. The Morgan fingerprint density at radius 1 is 0.655 bits per heavy atom. The van der Waals surface area contributed by atoms with E-state index in [4.69, 9.17) is 5.73 Å². The van der Waals surface area contributed by atoms with Crippen LogP contribution in [0.4, 0.5) is 0 Å². The van der Waals surface area contributed by atoms with Crippen LogP contribution in [0.1, 0.15) is 73.6 Å². The van der Waals surface area contributed by atoms with Gasteiger partial charge < -0.3 is 58.3 Å². The fraction of sp³-hybridized carbons (Fsp3) is 0.735. The van der Waals surface area contributed by atoms with Gasteiger partial charge in [-0.2, -0.15) is 11.8 Å². The Hall–Kier alpha value is -4.50.